The quantitative estimate of drug-likeness (QED) is 0.740. The summed E-state index contributed by atoms with van der Waals surface area (Å²) in [5, 5.41) is 5.74. The smallest absolute Gasteiger partial charge is 0.268 e. The summed E-state index contributed by atoms with van der Waals surface area (Å²) in [6.07, 6.45) is 2.92. The van der Waals surface area contributed by atoms with Gasteiger partial charge < -0.3 is 0 Å². The minimum Gasteiger partial charge on any atom is -0.298 e. The average molecular weight is 288 g/mol. The van der Waals surface area contributed by atoms with Crippen LogP contribution in [0.25, 0.3) is 11.6 Å². The van der Waals surface area contributed by atoms with Gasteiger partial charge in [-0.25, -0.2) is 0 Å². The molecular formula is C19H16N2O. The fraction of sp³-hybridized carbons (Fsp3) is 0.105. The van der Waals surface area contributed by atoms with E-state index < -0.39 is 0 Å². The first-order chi connectivity index (χ1) is 10.8. The Kier molecular flexibility index (Phi) is 3.04. The van der Waals surface area contributed by atoms with Crippen molar-refractivity contribution >= 4 is 11.6 Å². The van der Waals surface area contributed by atoms with Gasteiger partial charge in [0.15, 0.2) is 0 Å². The SMILES string of the molecule is O=c1[nH][nH]c2c1C(c1ccccc1)CC(c1ccccc1)=C2. The molecule has 1 atom stereocenters. The van der Waals surface area contributed by atoms with Crippen LogP contribution in [-0.4, -0.2) is 10.2 Å². The minimum absolute atomic E-state index is 0.0211. The highest BCUT2D eigenvalue weighted by atomic mass is 16.1. The molecule has 0 spiro atoms. The Morgan fingerprint density at radius 2 is 1.55 bits per heavy atom. The van der Waals surface area contributed by atoms with E-state index in [1.165, 1.54) is 16.7 Å². The molecule has 1 heterocycles. The molecule has 3 heteroatoms. The van der Waals surface area contributed by atoms with Gasteiger partial charge in [-0.05, 0) is 29.2 Å². The molecular weight excluding hydrogens is 272 g/mol. The summed E-state index contributed by atoms with van der Waals surface area (Å²) < 4.78 is 0. The van der Waals surface area contributed by atoms with Crippen molar-refractivity contribution in [2.24, 2.45) is 0 Å². The number of rotatable bonds is 2. The van der Waals surface area contributed by atoms with Crippen molar-refractivity contribution < 1.29 is 0 Å². The number of aromatic amines is 2. The average Bonchev–Trinajstić information content (AvgIpc) is 2.97. The molecule has 0 radical (unpaired) electrons. The van der Waals surface area contributed by atoms with E-state index in [2.05, 4.69) is 40.5 Å². The summed E-state index contributed by atoms with van der Waals surface area (Å²) >= 11 is 0. The van der Waals surface area contributed by atoms with Crippen LogP contribution in [-0.2, 0) is 0 Å². The molecule has 0 amide bonds. The number of hydrogen-bond acceptors (Lipinski definition) is 1. The molecule has 0 saturated carbocycles. The Morgan fingerprint density at radius 3 is 2.27 bits per heavy atom. The third kappa shape index (κ3) is 2.11. The molecule has 1 aromatic heterocycles. The van der Waals surface area contributed by atoms with Gasteiger partial charge in [0.25, 0.3) is 5.56 Å². The molecule has 0 bridgehead atoms. The summed E-state index contributed by atoms with van der Waals surface area (Å²) in [7, 11) is 0. The van der Waals surface area contributed by atoms with Gasteiger partial charge >= 0.3 is 0 Å². The van der Waals surface area contributed by atoms with Crippen LogP contribution in [0.3, 0.4) is 0 Å². The lowest BCUT2D eigenvalue weighted by Crippen LogP contribution is -2.16. The third-order valence-electron chi connectivity index (χ3n) is 4.28. The first-order valence-electron chi connectivity index (χ1n) is 7.44. The van der Waals surface area contributed by atoms with Gasteiger partial charge in [-0.15, -0.1) is 0 Å². The van der Waals surface area contributed by atoms with E-state index in [0.717, 1.165) is 17.7 Å². The zero-order valence-electron chi connectivity index (χ0n) is 12.0. The summed E-state index contributed by atoms with van der Waals surface area (Å²) in [5.41, 5.74) is 5.34. The molecule has 4 rings (SSSR count). The Hall–Kier alpha value is -2.81. The number of allylic oxidation sites excluding steroid dienone is 1. The Bertz CT molecular complexity index is 873. The fourth-order valence-corrected chi connectivity index (χ4v) is 3.22. The van der Waals surface area contributed by atoms with Crippen LogP contribution in [0.2, 0.25) is 0 Å². The second-order valence-electron chi connectivity index (χ2n) is 5.61. The van der Waals surface area contributed by atoms with Crippen molar-refractivity contribution in [1.29, 1.82) is 0 Å². The van der Waals surface area contributed by atoms with E-state index >= 15 is 0 Å². The summed E-state index contributed by atoms with van der Waals surface area (Å²) in [5.74, 6) is 0.0893. The number of fused-ring (bicyclic) bond motifs is 1. The molecule has 1 unspecified atom stereocenters. The van der Waals surface area contributed by atoms with Crippen LogP contribution in [0.15, 0.2) is 65.5 Å². The molecule has 108 valence electrons. The van der Waals surface area contributed by atoms with Gasteiger partial charge in [0.1, 0.15) is 0 Å². The van der Waals surface area contributed by atoms with Crippen LogP contribution in [0.1, 0.15) is 34.7 Å². The van der Waals surface area contributed by atoms with Gasteiger partial charge in [-0.3, -0.25) is 15.0 Å². The maximum absolute atomic E-state index is 12.2. The highest BCUT2D eigenvalue weighted by Gasteiger charge is 2.27. The lowest BCUT2D eigenvalue weighted by Gasteiger charge is -2.23. The lowest BCUT2D eigenvalue weighted by molar-refractivity contribution is 0.825. The monoisotopic (exact) mass is 288 g/mol. The fourth-order valence-electron chi connectivity index (χ4n) is 3.22. The standard InChI is InChI=1S/C19H16N2O/c22-19-18-16(14-9-5-2-6-10-14)11-15(12-17(18)20-21-19)13-7-3-1-4-8-13/h1-10,12,16H,11H2,(H2,20,21,22). The molecule has 3 aromatic rings. The van der Waals surface area contributed by atoms with E-state index in [-0.39, 0.29) is 11.5 Å². The summed E-state index contributed by atoms with van der Waals surface area (Å²) in [4.78, 5) is 12.2. The van der Waals surface area contributed by atoms with Gasteiger partial charge in [0, 0.05) is 5.92 Å². The van der Waals surface area contributed by atoms with Crippen LogP contribution >= 0.6 is 0 Å². The number of benzene rings is 2. The van der Waals surface area contributed by atoms with Crippen LogP contribution in [0, 0.1) is 0 Å². The molecule has 2 N–H and O–H groups in total. The summed E-state index contributed by atoms with van der Waals surface area (Å²) in [6.45, 7) is 0. The van der Waals surface area contributed by atoms with E-state index in [4.69, 9.17) is 0 Å². The van der Waals surface area contributed by atoms with Crippen molar-refractivity contribution in [1.82, 2.24) is 10.2 Å². The largest absolute Gasteiger partial charge is 0.298 e. The zero-order chi connectivity index (χ0) is 14.9. The Labute approximate surface area is 128 Å². The molecule has 2 aromatic carbocycles. The van der Waals surface area contributed by atoms with Crippen LogP contribution in [0.5, 0.6) is 0 Å². The Morgan fingerprint density at radius 1 is 0.864 bits per heavy atom. The molecule has 1 aliphatic carbocycles. The van der Waals surface area contributed by atoms with Gasteiger partial charge in [0.05, 0.1) is 11.3 Å². The normalized spacial score (nSPS) is 16.9. The molecule has 22 heavy (non-hydrogen) atoms. The van der Waals surface area contributed by atoms with E-state index in [9.17, 15) is 4.79 Å². The number of H-pyrrole nitrogens is 2. The maximum Gasteiger partial charge on any atom is 0.268 e. The molecule has 0 fully saturated rings. The number of nitrogens with one attached hydrogen (secondary N) is 2. The Balaban J connectivity index is 1.86. The zero-order valence-corrected chi connectivity index (χ0v) is 12.0. The van der Waals surface area contributed by atoms with Gasteiger partial charge in [-0.2, -0.15) is 0 Å². The number of aromatic nitrogens is 2. The molecule has 0 saturated heterocycles. The number of hydrogen-bond donors (Lipinski definition) is 2. The van der Waals surface area contributed by atoms with Crippen LogP contribution in [0.4, 0.5) is 0 Å². The predicted molar refractivity (Wildman–Crippen MR) is 88.6 cm³/mol. The highest BCUT2D eigenvalue weighted by molar-refractivity contribution is 5.84. The van der Waals surface area contributed by atoms with Crippen molar-refractivity contribution in [3.63, 3.8) is 0 Å². The third-order valence-corrected chi connectivity index (χ3v) is 4.28. The lowest BCUT2D eigenvalue weighted by atomic mass is 9.80. The van der Waals surface area contributed by atoms with Crippen molar-refractivity contribution in [3.8, 4) is 0 Å². The minimum atomic E-state index is -0.0211. The summed E-state index contributed by atoms with van der Waals surface area (Å²) in [6, 6.07) is 20.6. The topological polar surface area (TPSA) is 48.6 Å². The maximum atomic E-state index is 12.2. The van der Waals surface area contributed by atoms with Crippen LogP contribution < -0.4 is 5.56 Å². The molecule has 0 aliphatic heterocycles. The molecule has 1 aliphatic rings. The van der Waals surface area contributed by atoms with Gasteiger partial charge in [0.2, 0.25) is 0 Å². The second-order valence-corrected chi connectivity index (χ2v) is 5.61. The van der Waals surface area contributed by atoms with E-state index in [0.29, 0.717) is 0 Å². The first kappa shape index (κ1) is 12.9. The van der Waals surface area contributed by atoms with E-state index in [1.54, 1.807) is 0 Å². The van der Waals surface area contributed by atoms with E-state index in [1.807, 2.05) is 36.4 Å². The highest BCUT2D eigenvalue weighted by Crippen LogP contribution is 2.39. The first-order valence-corrected chi connectivity index (χ1v) is 7.44. The van der Waals surface area contributed by atoms with Crippen molar-refractivity contribution in [2.45, 2.75) is 12.3 Å². The van der Waals surface area contributed by atoms with Gasteiger partial charge in [-0.1, -0.05) is 60.7 Å². The van der Waals surface area contributed by atoms with Crippen molar-refractivity contribution in [2.75, 3.05) is 0 Å². The predicted octanol–water partition coefficient (Wildman–Crippen LogP) is 3.78. The molecule has 3 nitrogen and oxygen atoms in total. The van der Waals surface area contributed by atoms with Crippen molar-refractivity contribution in [3.05, 3.63) is 93.4 Å². The second kappa shape index (κ2) is 5.19.